The number of hydrogen-bond donors (Lipinski definition) is 1. The minimum absolute atomic E-state index is 0.131. The fourth-order valence-electron chi connectivity index (χ4n) is 2.92. The van der Waals surface area contributed by atoms with Crippen molar-refractivity contribution in [2.24, 2.45) is 5.92 Å². The Labute approximate surface area is 118 Å². The molecule has 2 amide bonds. The van der Waals surface area contributed by atoms with Crippen LogP contribution >= 0.6 is 0 Å². The molecule has 2 heterocycles. The van der Waals surface area contributed by atoms with Gasteiger partial charge in [-0.3, -0.25) is 4.90 Å². The molecule has 2 unspecified atom stereocenters. The van der Waals surface area contributed by atoms with Crippen molar-refractivity contribution in [1.82, 2.24) is 15.1 Å². The zero-order valence-electron chi connectivity index (χ0n) is 13.3. The Morgan fingerprint density at radius 1 is 1.37 bits per heavy atom. The van der Waals surface area contributed by atoms with Gasteiger partial charge in [-0.15, -0.1) is 0 Å². The van der Waals surface area contributed by atoms with Crippen molar-refractivity contribution in [3.8, 4) is 0 Å². The van der Waals surface area contributed by atoms with E-state index in [0.717, 1.165) is 19.6 Å². The first-order valence-electron chi connectivity index (χ1n) is 7.91. The number of hydrogen-bond acceptors (Lipinski definition) is 2. The highest BCUT2D eigenvalue weighted by atomic mass is 16.2. The van der Waals surface area contributed by atoms with Gasteiger partial charge in [-0.05, 0) is 31.8 Å². The molecule has 0 aromatic heterocycles. The van der Waals surface area contributed by atoms with E-state index in [4.69, 9.17) is 0 Å². The van der Waals surface area contributed by atoms with Crippen LogP contribution in [0.15, 0.2) is 0 Å². The van der Waals surface area contributed by atoms with Gasteiger partial charge in [-0.1, -0.05) is 34.6 Å². The number of likely N-dealkylation sites (tertiary alicyclic amines) is 1. The third-order valence-corrected chi connectivity index (χ3v) is 4.15. The fraction of sp³-hybridized carbons (Fsp3) is 0.933. The number of rotatable bonds is 4. The molecule has 2 atom stereocenters. The number of amides is 2. The third-order valence-electron chi connectivity index (χ3n) is 4.15. The van der Waals surface area contributed by atoms with Crippen LogP contribution in [0.2, 0.25) is 0 Å². The number of carbonyl (C=O) groups is 1. The Balaban J connectivity index is 0.000000861. The summed E-state index contributed by atoms with van der Waals surface area (Å²) in [6, 6.07) is 1.04. The Kier molecular flexibility index (Phi) is 6.63. The summed E-state index contributed by atoms with van der Waals surface area (Å²) in [6.45, 7) is 14.6. The molecule has 4 heteroatoms. The van der Waals surface area contributed by atoms with Gasteiger partial charge < -0.3 is 10.2 Å². The molecule has 1 N–H and O–H groups in total. The maximum Gasteiger partial charge on any atom is 0.317 e. The Morgan fingerprint density at radius 2 is 2.05 bits per heavy atom. The van der Waals surface area contributed by atoms with Gasteiger partial charge in [0.05, 0.1) is 6.04 Å². The van der Waals surface area contributed by atoms with Gasteiger partial charge in [-0.25, -0.2) is 4.79 Å². The summed E-state index contributed by atoms with van der Waals surface area (Å²) in [5.74, 6) is 0.523. The lowest BCUT2D eigenvalue weighted by atomic mass is 10.1. The van der Waals surface area contributed by atoms with E-state index in [2.05, 4.69) is 31.0 Å². The second-order valence-electron chi connectivity index (χ2n) is 5.63. The fourth-order valence-corrected chi connectivity index (χ4v) is 2.92. The highest BCUT2D eigenvalue weighted by molar-refractivity contribution is 5.77. The first-order chi connectivity index (χ1) is 9.11. The Bertz CT molecular complexity index is 281. The average molecular weight is 269 g/mol. The first kappa shape index (κ1) is 16.3. The molecule has 2 aliphatic rings. The highest BCUT2D eigenvalue weighted by Crippen LogP contribution is 2.20. The summed E-state index contributed by atoms with van der Waals surface area (Å²) in [5, 5.41) is 3.08. The highest BCUT2D eigenvalue weighted by Gasteiger charge is 2.34. The predicted octanol–water partition coefficient (Wildman–Crippen LogP) is 2.55. The van der Waals surface area contributed by atoms with E-state index in [9.17, 15) is 4.79 Å². The van der Waals surface area contributed by atoms with E-state index < -0.39 is 0 Å². The molecule has 4 nitrogen and oxygen atoms in total. The molecule has 0 radical (unpaired) electrons. The van der Waals surface area contributed by atoms with E-state index in [0.29, 0.717) is 18.0 Å². The molecule has 2 rings (SSSR count). The van der Waals surface area contributed by atoms with Crippen LogP contribution in [0.5, 0.6) is 0 Å². The van der Waals surface area contributed by atoms with Crippen LogP contribution in [0.1, 0.15) is 47.5 Å². The van der Waals surface area contributed by atoms with Crippen molar-refractivity contribution >= 4 is 6.03 Å². The molecule has 112 valence electrons. The van der Waals surface area contributed by atoms with Gasteiger partial charge in [0.1, 0.15) is 0 Å². The second-order valence-corrected chi connectivity index (χ2v) is 5.63. The maximum atomic E-state index is 11.9. The van der Waals surface area contributed by atoms with Gasteiger partial charge in [0.25, 0.3) is 0 Å². The first-order valence-corrected chi connectivity index (χ1v) is 7.91. The van der Waals surface area contributed by atoms with E-state index in [-0.39, 0.29) is 6.03 Å². The maximum absolute atomic E-state index is 11.9. The molecule has 0 saturated carbocycles. The van der Waals surface area contributed by atoms with Crippen molar-refractivity contribution in [3.05, 3.63) is 0 Å². The lowest BCUT2D eigenvalue weighted by Crippen LogP contribution is -2.41. The summed E-state index contributed by atoms with van der Waals surface area (Å²) in [6.07, 6.45) is 2.52. The number of nitrogens with one attached hydrogen (secondary N) is 1. The molecular weight excluding hydrogens is 238 g/mol. The average Bonchev–Trinajstić information content (AvgIpc) is 3.00. The lowest BCUT2D eigenvalue weighted by molar-refractivity contribution is 0.185. The van der Waals surface area contributed by atoms with Gasteiger partial charge in [0.2, 0.25) is 0 Å². The smallest absolute Gasteiger partial charge is 0.317 e. The summed E-state index contributed by atoms with van der Waals surface area (Å²) in [7, 11) is 0. The molecule has 0 aromatic rings. The number of nitrogens with zero attached hydrogens (tertiary/aromatic N) is 2. The zero-order valence-corrected chi connectivity index (χ0v) is 13.3. The van der Waals surface area contributed by atoms with Crippen LogP contribution in [0.25, 0.3) is 0 Å². The Hall–Kier alpha value is -0.770. The van der Waals surface area contributed by atoms with Crippen molar-refractivity contribution in [2.75, 3.05) is 26.2 Å². The normalized spacial score (nSPS) is 27.5. The molecule has 0 bridgehead atoms. The quantitative estimate of drug-likeness (QED) is 0.851. The molecule has 19 heavy (non-hydrogen) atoms. The minimum Gasteiger partial charge on any atom is -0.333 e. The van der Waals surface area contributed by atoms with Crippen LogP contribution in [0, 0.1) is 5.92 Å². The minimum atomic E-state index is 0.131. The summed E-state index contributed by atoms with van der Waals surface area (Å²) >= 11 is 0. The van der Waals surface area contributed by atoms with Gasteiger partial charge in [0.15, 0.2) is 0 Å². The second kappa shape index (κ2) is 7.73. The van der Waals surface area contributed by atoms with E-state index in [1.807, 2.05) is 18.7 Å². The summed E-state index contributed by atoms with van der Waals surface area (Å²) in [5.41, 5.74) is 0. The van der Waals surface area contributed by atoms with Crippen LogP contribution < -0.4 is 5.32 Å². The summed E-state index contributed by atoms with van der Waals surface area (Å²) in [4.78, 5) is 16.4. The van der Waals surface area contributed by atoms with Crippen molar-refractivity contribution in [2.45, 2.75) is 59.5 Å². The molecule has 2 fully saturated rings. The van der Waals surface area contributed by atoms with E-state index in [1.165, 1.54) is 19.4 Å². The standard InChI is InChI=1S/C13H25N3O.C2H6/c1-4-15-7-5-6-11(15)8-16-9-12(10(2)3)14-13(16)17;1-2/h10-12H,4-9H2,1-3H3,(H,14,17);1-2H3. The van der Waals surface area contributed by atoms with Crippen LogP contribution in [0.3, 0.4) is 0 Å². The molecule has 2 saturated heterocycles. The van der Waals surface area contributed by atoms with Crippen molar-refractivity contribution in [3.63, 3.8) is 0 Å². The molecule has 0 aliphatic carbocycles. The molecule has 0 spiro atoms. The van der Waals surface area contributed by atoms with E-state index in [1.54, 1.807) is 0 Å². The van der Waals surface area contributed by atoms with Gasteiger partial charge in [-0.2, -0.15) is 0 Å². The van der Waals surface area contributed by atoms with Crippen LogP contribution in [-0.2, 0) is 0 Å². The number of likely N-dealkylation sites (N-methyl/N-ethyl adjacent to an activating group) is 1. The zero-order chi connectivity index (χ0) is 14.4. The predicted molar refractivity (Wildman–Crippen MR) is 80.3 cm³/mol. The lowest BCUT2D eigenvalue weighted by Gasteiger charge is -2.27. The monoisotopic (exact) mass is 269 g/mol. The molecule has 0 aromatic carbocycles. The van der Waals surface area contributed by atoms with Gasteiger partial charge >= 0.3 is 6.03 Å². The van der Waals surface area contributed by atoms with Crippen molar-refractivity contribution in [1.29, 1.82) is 0 Å². The molecular formula is C15H31N3O. The van der Waals surface area contributed by atoms with Crippen LogP contribution in [-0.4, -0.2) is 54.1 Å². The molecule has 2 aliphatic heterocycles. The largest absolute Gasteiger partial charge is 0.333 e. The van der Waals surface area contributed by atoms with E-state index >= 15 is 0 Å². The third kappa shape index (κ3) is 4.10. The van der Waals surface area contributed by atoms with Crippen LogP contribution in [0.4, 0.5) is 4.79 Å². The SMILES string of the molecule is CC.CCN1CCCC1CN1CC(C(C)C)NC1=O. The van der Waals surface area contributed by atoms with Gasteiger partial charge in [0, 0.05) is 19.1 Å². The van der Waals surface area contributed by atoms with Crippen molar-refractivity contribution < 1.29 is 4.79 Å². The number of urea groups is 1. The topological polar surface area (TPSA) is 35.6 Å². The number of carbonyl (C=O) groups excluding carboxylic acids is 1. The Morgan fingerprint density at radius 3 is 2.58 bits per heavy atom. The summed E-state index contributed by atoms with van der Waals surface area (Å²) < 4.78 is 0.